The van der Waals surface area contributed by atoms with Crippen molar-refractivity contribution in [3.63, 3.8) is 0 Å². The number of piperidine rings is 2. The summed E-state index contributed by atoms with van der Waals surface area (Å²) in [7, 11) is 0. The molecule has 0 radical (unpaired) electrons. The molecule has 2 fully saturated rings. The summed E-state index contributed by atoms with van der Waals surface area (Å²) in [5.41, 5.74) is 2.97. The summed E-state index contributed by atoms with van der Waals surface area (Å²) in [6.45, 7) is 2.69. The highest BCUT2D eigenvalue weighted by Gasteiger charge is 2.38. The third-order valence-electron chi connectivity index (χ3n) is 7.29. The lowest BCUT2D eigenvalue weighted by molar-refractivity contribution is -0.139. The van der Waals surface area contributed by atoms with E-state index >= 15 is 0 Å². The molecule has 1 atom stereocenters. The molecule has 0 spiro atoms. The molecule has 5 rings (SSSR count). The number of amides is 2. The Morgan fingerprint density at radius 3 is 2.49 bits per heavy atom. The van der Waals surface area contributed by atoms with E-state index in [-0.39, 0.29) is 17.7 Å². The molecule has 2 saturated heterocycles. The Morgan fingerprint density at radius 2 is 1.77 bits per heavy atom. The van der Waals surface area contributed by atoms with Crippen molar-refractivity contribution in [2.75, 3.05) is 13.1 Å². The number of fused-ring (bicyclic) bond motifs is 1. The van der Waals surface area contributed by atoms with E-state index in [0.717, 1.165) is 29.8 Å². The van der Waals surface area contributed by atoms with Crippen molar-refractivity contribution in [2.24, 2.45) is 0 Å². The van der Waals surface area contributed by atoms with Gasteiger partial charge >= 0.3 is 6.18 Å². The highest BCUT2D eigenvalue weighted by molar-refractivity contribution is 7.80. The number of thiocarbonyl (C=S) groups is 1. The number of carbonyl (C=O) groups is 2. The summed E-state index contributed by atoms with van der Waals surface area (Å²) in [4.78, 5) is 28.6. The van der Waals surface area contributed by atoms with Gasteiger partial charge in [0.2, 0.25) is 11.8 Å². The van der Waals surface area contributed by atoms with Crippen molar-refractivity contribution in [1.82, 2.24) is 15.1 Å². The van der Waals surface area contributed by atoms with Gasteiger partial charge in [-0.25, -0.2) is 0 Å². The Balaban J connectivity index is 1.23. The van der Waals surface area contributed by atoms with Gasteiger partial charge in [-0.05, 0) is 67.1 Å². The molecule has 0 aromatic heterocycles. The SMILES string of the molecule is O=C1CCC(N2Cc3ccc(CN4CCC(c5ccccc5C(F)(F)F)CC4)cc3C2=S)C(=O)N1. The van der Waals surface area contributed by atoms with Crippen molar-refractivity contribution in [2.45, 2.75) is 56.9 Å². The first-order chi connectivity index (χ1) is 16.7. The summed E-state index contributed by atoms with van der Waals surface area (Å²) in [5.74, 6) is -0.646. The minimum Gasteiger partial charge on any atom is -0.346 e. The topological polar surface area (TPSA) is 52.7 Å². The molecule has 184 valence electrons. The van der Waals surface area contributed by atoms with Gasteiger partial charge in [0.1, 0.15) is 11.0 Å². The summed E-state index contributed by atoms with van der Waals surface area (Å²) >= 11 is 5.69. The molecule has 2 aromatic rings. The molecule has 1 unspecified atom stereocenters. The van der Waals surface area contributed by atoms with Crippen molar-refractivity contribution in [3.8, 4) is 0 Å². The van der Waals surface area contributed by atoms with Crippen LogP contribution in [-0.4, -0.2) is 45.7 Å². The number of imide groups is 1. The first-order valence-corrected chi connectivity index (χ1v) is 12.3. The van der Waals surface area contributed by atoms with Crippen LogP contribution in [0, 0.1) is 0 Å². The summed E-state index contributed by atoms with van der Waals surface area (Å²) in [6.07, 6.45) is -2.21. The maximum atomic E-state index is 13.4. The van der Waals surface area contributed by atoms with Gasteiger partial charge in [-0.3, -0.25) is 19.8 Å². The van der Waals surface area contributed by atoms with Crippen LogP contribution in [0.5, 0.6) is 0 Å². The van der Waals surface area contributed by atoms with Crippen molar-refractivity contribution >= 4 is 29.0 Å². The van der Waals surface area contributed by atoms with Gasteiger partial charge in [0.15, 0.2) is 0 Å². The number of likely N-dealkylation sites (tertiary alicyclic amines) is 1. The van der Waals surface area contributed by atoms with E-state index in [9.17, 15) is 22.8 Å². The lowest BCUT2D eigenvalue weighted by Gasteiger charge is -2.33. The fourth-order valence-electron chi connectivity index (χ4n) is 5.47. The Morgan fingerprint density at radius 1 is 1.03 bits per heavy atom. The average Bonchev–Trinajstić information content (AvgIpc) is 3.15. The van der Waals surface area contributed by atoms with Crippen molar-refractivity contribution in [1.29, 1.82) is 0 Å². The number of hydrogen-bond donors (Lipinski definition) is 1. The number of hydrogen-bond acceptors (Lipinski definition) is 4. The molecule has 2 amide bonds. The lowest BCUT2D eigenvalue weighted by atomic mass is 9.86. The Labute approximate surface area is 207 Å². The smallest absolute Gasteiger partial charge is 0.346 e. The van der Waals surface area contributed by atoms with E-state index < -0.39 is 17.8 Å². The predicted octanol–water partition coefficient (Wildman–Crippen LogP) is 4.38. The van der Waals surface area contributed by atoms with Crippen LogP contribution in [0.3, 0.4) is 0 Å². The number of halogens is 3. The van der Waals surface area contributed by atoms with E-state index in [1.807, 2.05) is 11.0 Å². The highest BCUT2D eigenvalue weighted by atomic mass is 32.1. The molecule has 0 aliphatic carbocycles. The zero-order valence-corrected chi connectivity index (χ0v) is 19.9. The van der Waals surface area contributed by atoms with Crippen molar-refractivity contribution < 1.29 is 22.8 Å². The monoisotopic (exact) mass is 501 g/mol. The van der Waals surface area contributed by atoms with Gasteiger partial charge in [0, 0.05) is 25.1 Å². The minimum atomic E-state index is -4.34. The second-order valence-corrected chi connectivity index (χ2v) is 9.91. The number of rotatable bonds is 4. The van der Waals surface area contributed by atoms with Crippen LogP contribution < -0.4 is 5.32 Å². The van der Waals surface area contributed by atoms with Crippen LogP contribution >= 0.6 is 12.2 Å². The van der Waals surface area contributed by atoms with Gasteiger partial charge in [0.25, 0.3) is 0 Å². The number of benzene rings is 2. The van der Waals surface area contributed by atoms with Crippen LogP contribution in [0.1, 0.15) is 59.4 Å². The van der Waals surface area contributed by atoms with Gasteiger partial charge in [-0.2, -0.15) is 13.2 Å². The first-order valence-electron chi connectivity index (χ1n) is 11.9. The number of nitrogens with one attached hydrogen (secondary N) is 1. The largest absolute Gasteiger partial charge is 0.416 e. The quantitative estimate of drug-likeness (QED) is 0.498. The van der Waals surface area contributed by atoms with Crippen LogP contribution in [0.15, 0.2) is 42.5 Å². The predicted molar refractivity (Wildman–Crippen MR) is 129 cm³/mol. The number of carbonyl (C=O) groups excluding carboxylic acids is 2. The standard InChI is InChI=1S/C26H26F3N3O2S/c27-26(28,29)21-4-2-1-3-19(21)17-9-11-31(12-10-17)14-16-5-6-18-15-32(25(35)20(18)13-16)22-7-8-23(33)30-24(22)34/h1-6,13,17,22H,7-12,14-15H2,(H,30,33,34). The number of nitrogens with zero attached hydrogens (tertiary/aromatic N) is 2. The maximum absolute atomic E-state index is 13.4. The highest BCUT2D eigenvalue weighted by Crippen LogP contribution is 2.39. The van der Waals surface area contributed by atoms with Crippen LogP contribution in [0.2, 0.25) is 0 Å². The molecule has 0 saturated carbocycles. The van der Waals surface area contributed by atoms with E-state index in [1.165, 1.54) is 12.1 Å². The van der Waals surface area contributed by atoms with Crippen molar-refractivity contribution in [3.05, 3.63) is 70.3 Å². The molecular formula is C26H26F3N3O2S. The molecule has 1 N–H and O–H groups in total. The van der Waals surface area contributed by atoms with E-state index in [1.54, 1.807) is 12.1 Å². The molecule has 3 heterocycles. The second kappa shape index (κ2) is 9.35. The van der Waals surface area contributed by atoms with Gasteiger partial charge in [-0.15, -0.1) is 0 Å². The molecule has 3 aliphatic heterocycles. The molecule has 2 aromatic carbocycles. The Hall–Kier alpha value is -2.78. The fraction of sp³-hybridized carbons (Fsp3) is 0.423. The normalized spacial score (nSPS) is 21.9. The fourth-order valence-corrected chi connectivity index (χ4v) is 5.85. The molecule has 3 aliphatic rings. The Kier molecular flexibility index (Phi) is 6.40. The zero-order chi connectivity index (χ0) is 24.7. The third kappa shape index (κ3) is 4.84. The van der Waals surface area contributed by atoms with E-state index in [4.69, 9.17) is 12.2 Å². The molecule has 9 heteroatoms. The third-order valence-corrected chi connectivity index (χ3v) is 7.75. The molecular weight excluding hydrogens is 475 g/mol. The Bertz CT molecular complexity index is 1170. The molecule has 5 nitrogen and oxygen atoms in total. The van der Waals surface area contributed by atoms with Gasteiger partial charge < -0.3 is 4.90 Å². The summed E-state index contributed by atoms with van der Waals surface area (Å²) in [5, 5.41) is 2.40. The second-order valence-electron chi connectivity index (χ2n) is 9.53. The molecule has 35 heavy (non-hydrogen) atoms. The van der Waals surface area contributed by atoms with Gasteiger partial charge in [0.05, 0.1) is 5.56 Å². The van der Waals surface area contributed by atoms with Crippen LogP contribution in [0.4, 0.5) is 13.2 Å². The minimum absolute atomic E-state index is 0.0984. The average molecular weight is 502 g/mol. The lowest BCUT2D eigenvalue weighted by Crippen LogP contribution is -2.52. The van der Waals surface area contributed by atoms with E-state index in [0.29, 0.717) is 49.3 Å². The number of alkyl halides is 3. The van der Waals surface area contributed by atoms with Crippen LogP contribution in [0.25, 0.3) is 0 Å². The van der Waals surface area contributed by atoms with Crippen LogP contribution in [-0.2, 0) is 28.9 Å². The maximum Gasteiger partial charge on any atom is 0.416 e. The summed E-state index contributed by atoms with van der Waals surface area (Å²) < 4.78 is 40.3. The summed E-state index contributed by atoms with van der Waals surface area (Å²) in [6, 6.07) is 11.6. The first kappa shape index (κ1) is 23.9. The van der Waals surface area contributed by atoms with E-state index in [2.05, 4.69) is 22.3 Å². The zero-order valence-electron chi connectivity index (χ0n) is 19.1. The molecule has 0 bridgehead atoms. The van der Waals surface area contributed by atoms with Gasteiger partial charge in [-0.1, -0.05) is 42.5 Å².